The molecule has 1 amide bonds. The third kappa shape index (κ3) is 3.52. The number of anilines is 1. The average Bonchev–Trinajstić information content (AvgIpc) is 2.84. The summed E-state index contributed by atoms with van der Waals surface area (Å²) in [4.78, 5) is 18.0. The Morgan fingerprint density at radius 1 is 1.35 bits per heavy atom. The van der Waals surface area contributed by atoms with Gasteiger partial charge < -0.3 is 15.2 Å². The smallest absolute Gasteiger partial charge is 0.224 e. The van der Waals surface area contributed by atoms with Gasteiger partial charge >= 0.3 is 0 Å². The van der Waals surface area contributed by atoms with Crippen molar-refractivity contribution in [1.29, 1.82) is 0 Å². The van der Waals surface area contributed by atoms with Gasteiger partial charge in [0.15, 0.2) is 0 Å². The molecule has 1 aromatic heterocycles. The topological polar surface area (TPSA) is 64.2 Å². The maximum absolute atomic E-state index is 11.9. The van der Waals surface area contributed by atoms with Gasteiger partial charge in [-0.3, -0.25) is 4.79 Å². The summed E-state index contributed by atoms with van der Waals surface area (Å²) in [5, 5.41) is 0. The fraction of sp³-hybridized carbons (Fsp3) is 0.375. The molecule has 3 rings (SSSR count). The lowest BCUT2D eigenvalue weighted by atomic mass is 9.92. The monoisotopic (exact) mass is 356 g/mol. The summed E-state index contributed by atoms with van der Waals surface area (Å²) in [6, 6.07) is 6.13. The molecule has 126 valence electrons. The van der Waals surface area contributed by atoms with Crippen LogP contribution in [0.1, 0.15) is 37.6 Å². The fourth-order valence-corrected chi connectivity index (χ4v) is 3.10. The molecule has 0 fully saturated rings. The summed E-state index contributed by atoms with van der Waals surface area (Å²) in [6.45, 7) is 5.60. The summed E-state index contributed by atoms with van der Waals surface area (Å²) < 4.78 is 1.97. The highest BCUT2D eigenvalue weighted by Crippen LogP contribution is 2.37. The number of carbonyl (C=O) groups excluding carboxylic acids is 1. The van der Waals surface area contributed by atoms with E-state index in [0.717, 1.165) is 29.1 Å². The van der Waals surface area contributed by atoms with E-state index >= 15 is 0 Å². The lowest BCUT2D eigenvalue weighted by Gasteiger charge is -2.37. The quantitative estimate of drug-likeness (QED) is 0.853. The molecule has 0 saturated heterocycles. The highest BCUT2D eigenvalue weighted by Gasteiger charge is 2.30. The number of rotatable bonds is 1. The number of amides is 1. The Labute approximate surface area is 148 Å². The molecule has 1 aromatic carbocycles. The molecule has 2 N–H and O–H groups in total. The Morgan fingerprint density at radius 2 is 2.04 bits per heavy atom. The van der Waals surface area contributed by atoms with E-state index in [9.17, 15) is 4.79 Å². The molecule has 0 aliphatic carbocycles. The van der Waals surface area contributed by atoms with E-state index in [1.165, 1.54) is 0 Å². The first-order chi connectivity index (χ1) is 9.97. The van der Waals surface area contributed by atoms with E-state index in [-0.39, 0.29) is 42.8 Å². The van der Waals surface area contributed by atoms with Crippen molar-refractivity contribution in [1.82, 2.24) is 9.55 Å². The summed E-state index contributed by atoms with van der Waals surface area (Å²) >= 11 is 0. The highest BCUT2D eigenvalue weighted by molar-refractivity contribution is 5.93. The summed E-state index contributed by atoms with van der Waals surface area (Å²) in [5.74, 6) is 0.0573. The zero-order chi connectivity index (χ0) is 15.1. The molecule has 23 heavy (non-hydrogen) atoms. The number of hydrogen-bond donors (Lipinski definition) is 1. The second kappa shape index (κ2) is 7.34. The van der Waals surface area contributed by atoms with Crippen molar-refractivity contribution in [2.24, 2.45) is 5.73 Å². The van der Waals surface area contributed by atoms with Gasteiger partial charge in [-0.1, -0.05) is 0 Å². The number of aryl methyl sites for hydroxylation is 1. The van der Waals surface area contributed by atoms with Crippen LogP contribution in [-0.4, -0.2) is 21.5 Å². The molecule has 7 heteroatoms. The van der Waals surface area contributed by atoms with Crippen LogP contribution in [0.2, 0.25) is 0 Å². The van der Waals surface area contributed by atoms with Gasteiger partial charge in [-0.05, 0) is 44.0 Å². The third-order valence-corrected chi connectivity index (χ3v) is 4.06. The number of imidazole rings is 1. The molecule has 5 nitrogen and oxygen atoms in total. The van der Waals surface area contributed by atoms with Crippen molar-refractivity contribution in [3.05, 3.63) is 42.0 Å². The van der Waals surface area contributed by atoms with Gasteiger partial charge in [0.1, 0.15) is 0 Å². The molecule has 2 heterocycles. The summed E-state index contributed by atoms with van der Waals surface area (Å²) in [5.41, 5.74) is 10.2. The van der Waals surface area contributed by atoms with Gasteiger partial charge in [-0.15, -0.1) is 24.8 Å². The van der Waals surface area contributed by atoms with E-state index in [2.05, 4.69) is 11.1 Å². The largest absolute Gasteiger partial charge is 0.324 e. The molecule has 1 aliphatic rings. The molecule has 0 bridgehead atoms. The van der Waals surface area contributed by atoms with Crippen LogP contribution in [0, 0.1) is 6.92 Å². The number of aromatic nitrogens is 2. The van der Waals surface area contributed by atoms with Gasteiger partial charge in [0.05, 0.1) is 12.0 Å². The molecule has 0 spiro atoms. The molecular formula is C16H22Cl2N4O. The third-order valence-electron chi connectivity index (χ3n) is 4.06. The van der Waals surface area contributed by atoms with Crippen LogP contribution in [0.5, 0.6) is 0 Å². The van der Waals surface area contributed by atoms with E-state index < -0.39 is 0 Å². The zero-order valence-corrected chi connectivity index (χ0v) is 15.0. The van der Waals surface area contributed by atoms with E-state index in [1.54, 1.807) is 13.3 Å². The molecule has 0 unspecified atom stereocenters. The van der Waals surface area contributed by atoms with Gasteiger partial charge in [0.25, 0.3) is 0 Å². The number of carbonyl (C=O) groups is 1. The predicted octanol–water partition coefficient (Wildman–Crippen LogP) is 3.17. The van der Waals surface area contributed by atoms with Crippen molar-refractivity contribution in [3.8, 4) is 5.69 Å². The number of hydrogen-bond acceptors (Lipinski definition) is 3. The SMILES string of the molecule is CC(=O)N1c2ccc(-n3cnc(C)c3)cc2[C@H](N)C[C@@H]1C.Cl.Cl. The van der Waals surface area contributed by atoms with E-state index in [1.807, 2.05) is 41.6 Å². The van der Waals surface area contributed by atoms with Crippen LogP contribution in [0.3, 0.4) is 0 Å². The average molecular weight is 357 g/mol. The summed E-state index contributed by atoms with van der Waals surface area (Å²) in [6.07, 6.45) is 4.54. The van der Waals surface area contributed by atoms with Crippen molar-refractivity contribution in [3.63, 3.8) is 0 Å². The Balaban J connectivity index is 0.00000132. The molecule has 2 aromatic rings. The van der Waals surface area contributed by atoms with Crippen LogP contribution < -0.4 is 10.6 Å². The predicted molar refractivity (Wildman–Crippen MR) is 97.0 cm³/mol. The molecular weight excluding hydrogens is 335 g/mol. The Hall–Kier alpha value is -1.56. The first-order valence-electron chi connectivity index (χ1n) is 7.17. The van der Waals surface area contributed by atoms with Crippen molar-refractivity contribution in [2.45, 2.75) is 39.3 Å². The minimum atomic E-state index is -0.0461. The minimum Gasteiger partial charge on any atom is -0.324 e. The fourth-order valence-electron chi connectivity index (χ4n) is 3.10. The highest BCUT2D eigenvalue weighted by atomic mass is 35.5. The van der Waals surface area contributed by atoms with Crippen LogP contribution in [0.4, 0.5) is 5.69 Å². The number of nitrogens with two attached hydrogens (primary N) is 1. The normalized spacial score (nSPS) is 19.4. The van der Waals surface area contributed by atoms with Gasteiger partial charge in [-0.2, -0.15) is 0 Å². The lowest BCUT2D eigenvalue weighted by molar-refractivity contribution is -0.117. The second-order valence-corrected chi connectivity index (χ2v) is 5.75. The molecule has 0 saturated carbocycles. The zero-order valence-electron chi connectivity index (χ0n) is 13.4. The van der Waals surface area contributed by atoms with Crippen molar-refractivity contribution in [2.75, 3.05) is 4.90 Å². The standard InChI is InChI=1S/C16H20N4O.2ClH/c1-10-8-19(9-18-10)13-4-5-16-14(7-13)15(17)6-11(2)20(16)12(3)21;;/h4-5,7-9,11,15H,6,17H2,1-3H3;2*1H/t11-,15+;;/m0../s1. The van der Waals surface area contributed by atoms with E-state index in [0.29, 0.717) is 0 Å². The molecule has 0 radical (unpaired) electrons. The van der Waals surface area contributed by atoms with Gasteiger partial charge in [0.2, 0.25) is 5.91 Å². The molecule has 2 atom stereocenters. The van der Waals surface area contributed by atoms with Crippen molar-refractivity contribution >= 4 is 36.4 Å². The number of halogens is 2. The lowest BCUT2D eigenvalue weighted by Crippen LogP contribution is -2.43. The number of benzene rings is 1. The minimum absolute atomic E-state index is 0. The Bertz CT molecular complexity index is 701. The van der Waals surface area contributed by atoms with Crippen molar-refractivity contribution < 1.29 is 4.79 Å². The first kappa shape index (κ1) is 19.5. The number of nitrogens with zero attached hydrogens (tertiary/aromatic N) is 3. The maximum Gasteiger partial charge on any atom is 0.224 e. The van der Waals surface area contributed by atoms with E-state index in [4.69, 9.17) is 5.73 Å². The Kier molecular flexibility index (Phi) is 6.22. The van der Waals surface area contributed by atoms with Gasteiger partial charge in [-0.25, -0.2) is 4.98 Å². The number of fused-ring (bicyclic) bond motifs is 1. The van der Waals surface area contributed by atoms with Gasteiger partial charge in [0, 0.05) is 36.6 Å². The second-order valence-electron chi connectivity index (χ2n) is 5.75. The van der Waals surface area contributed by atoms with Crippen LogP contribution in [0.25, 0.3) is 5.69 Å². The van der Waals surface area contributed by atoms with Crippen LogP contribution >= 0.6 is 24.8 Å². The maximum atomic E-state index is 11.9. The summed E-state index contributed by atoms with van der Waals surface area (Å²) in [7, 11) is 0. The van der Waals surface area contributed by atoms with Crippen LogP contribution in [0.15, 0.2) is 30.7 Å². The van der Waals surface area contributed by atoms with Crippen LogP contribution in [-0.2, 0) is 4.79 Å². The Morgan fingerprint density at radius 3 is 2.61 bits per heavy atom. The first-order valence-corrected chi connectivity index (χ1v) is 7.17. The molecule has 1 aliphatic heterocycles.